The Hall–Kier alpha value is -6.47. The summed E-state index contributed by atoms with van der Waals surface area (Å²) in [6.07, 6.45) is 0.748. The van der Waals surface area contributed by atoms with Crippen LogP contribution in [0.1, 0.15) is 68.7 Å². The summed E-state index contributed by atoms with van der Waals surface area (Å²) in [6.45, 7) is 4.08. The molecule has 60 heavy (non-hydrogen) atoms. The lowest BCUT2D eigenvalue weighted by Crippen LogP contribution is -2.52. The second kappa shape index (κ2) is 18.6. The highest BCUT2D eigenvalue weighted by atomic mass is 16.6. The van der Waals surface area contributed by atoms with E-state index in [4.69, 9.17) is 14.2 Å². The van der Waals surface area contributed by atoms with Crippen molar-refractivity contribution >= 4 is 23.0 Å². The number of nitrogens with zero attached hydrogens (tertiary/aromatic N) is 1. The summed E-state index contributed by atoms with van der Waals surface area (Å²) in [6, 6.07) is 37.9. The van der Waals surface area contributed by atoms with E-state index < -0.39 is 24.2 Å². The van der Waals surface area contributed by atoms with Gasteiger partial charge in [-0.2, -0.15) is 0 Å². The van der Waals surface area contributed by atoms with E-state index in [2.05, 4.69) is 20.5 Å². The Labute approximate surface area is 347 Å². The lowest BCUT2D eigenvalue weighted by Gasteiger charge is -2.43. The monoisotopic (exact) mass is 808 g/mol. The standard InChI is InChI=1S/C48H48N4O8/c53-41-19-17-39(40-18-20-44(55)50-46(40)41)42(54)27-49-26-31-9-11-32(12-10-31)30-59-47(56)36-15-13-33(14-16-36)29-58-38-8-4-7-37(25-38)45(35-5-2-1-3-6-35)51-48(57)60-43-28-52-23-21-34(43)22-24-52/h1-20,25,34,42-43,45,49,53-54H,21-24,26-30H2,(H,50,55)(H,51,57). The van der Waals surface area contributed by atoms with Crippen LogP contribution in [-0.2, 0) is 29.2 Å². The normalized spacial score (nSPS) is 18.1. The van der Waals surface area contributed by atoms with Gasteiger partial charge in [-0.05, 0) is 102 Å². The van der Waals surface area contributed by atoms with E-state index in [1.54, 1.807) is 24.3 Å². The molecule has 0 saturated carbocycles. The van der Waals surface area contributed by atoms with Crippen molar-refractivity contribution < 1.29 is 34.0 Å². The summed E-state index contributed by atoms with van der Waals surface area (Å²) in [5, 5.41) is 27.9. The number of aliphatic hydroxyl groups is 1. The van der Waals surface area contributed by atoms with E-state index in [1.165, 1.54) is 12.1 Å². The number of H-pyrrole nitrogens is 1. The zero-order valence-electron chi connectivity index (χ0n) is 33.1. The number of alkyl carbamates (subject to hydrolysis) is 1. The van der Waals surface area contributed by atoms with E-state index >= 15 is 0 Å². The molecule has 9 rings (SSSR count). The molecular weight excluding hydrogens is 761 g/mol. The van der Waals surface area contributed by atoms with Gasteiger partial charge in [0.1, 0.15) is 30.8 Å². The molecule has 12 heteroatoms. The van der Waals surface area contributed by atoms with Crippen molar-refractivity contribution in [3.05, 3.63) is 177 Å². The number of phenolic OH excluding ortho intramolecular Hbond substituents is 1. The smallest absolute Gasteiger partial charge is 0.408 e. The van der Waals surface area contributed by atoms with Gasteiger partial charge in [0.2, 0.25) is 5.56 Å². The maximum atomic E-state index is 13.2. The van der Waals surface area contributed by atoms with Gasteiger partial charge in [-0.15, -0.1) is 0 Å². The number of pyridine rings is 1. The van der Waals surface area contributed by atoms with Gasteiger partial charge < -0.3 is 40.0 Å². The number of benzene rings is 5. The fraction of sp³-hybridized carbons (Fsp3) is 0.271. The van der Waals surface area contributed by atoms with E-state index in [1.807, 2.05) is 91.0 Å². The Balaban J connectivity index is 0.800. The van der Waals surface area contributed by atoms with Crippen molar-refractivity contribution in [2.24, 2.45) is 5.92 Å². The second-order valence-corrected chi connectivity index (χ2v) is 15.5. The van der Waals surface area contributed by atoms with Crippen LogP contribution in [0.4, 0.5) is 4.79 Å². The molecule has 0 aliphatic carbocycles. The lowest BCUT2D eigenvalue weighted by molar-refractivity contribution is -0.0336. The third-order valence-electron chi connectivity index (χ3n) is 11.4. The van der Waals surface area contributed by atoms with Crippen LogP contribution in [0.15, 0.2) is 132 Å². The number of nitrogens with one attached hydrogen (secondary N) is 3. The molecule has 3 unspecified atom stereocenters. The third-order valence-corrected chi connectivity index (χ3v) is 11.4. The molecule has 3 atom stereocenters. The van der Waals surface area contributed by atoms with Gasteiger partial charge in [0.25, 0.3) is 0 Å². The van der Waals surface area contributed by atoms with Gasteiger partial charge in [-0.3, -0.25) is 9.69 Å². The lowest BCUT2D eigenvalue weighted by atomic mass is 9.86. The molecule has 4 heterocycles. The van der Waals surface area contributed by atoms with Gasteiger partial charge in [0, 0.05) is 31.1 Å². The van der Waals surface area contributed by atoms with Crippen LogP contribution in [0.25, 0.3) is 10.9 Å². The Morgan fingerprint density at radius 3 is 2.27 bits per heavy atom. The number of aliphatic hydroxyl groups excluding tert-OH is 1. The van der Waals surface area contributed by atoms with Gasteiger partial charge in [0.15, 0.2) is 0 Å². The molecule has 5 N–H and O–H groups in total. The van der Waals surface area contributed by atoms with E-state index in [0.717, 1.165) is 60.3 Å². The van der Waals surface area contributed by atoms with Crippen molar-refractivity contribution in [1.29, 1.82) is 0 Å². The molecule has 3 saturated heterocycles. The third kappa shape index (κ3) is 9.86. The minimum absolute atomic E-state index is 0.0565. The van der Waals surface area contributed by atoms with Crippen LogP contribution in [0, 0.1) is 5.92 Å². The zero-order valence-corrected chi connectivity index (χ0v) is 33.1. The fourth-order valence-electron chi connectivity index (χ4n) is 8.02. The minimum Gasteiger partial charge on any atom is -0.506 e. The Kier molecular flexibility index (Phi) is 12.5. The van der Waals surface area contributed by atoms with E-state index in [9.17, 15) is 24.6 Å². The van der Waals surface area contributed by atoms with Gasteiger partial charge in [-0.1, -0.05) is 84.9 Å². The molecule has 2 bridgehead atoms. The number of ether oxygens (including phenoxy) is 3. The van der Waals surface area contributed by atoms with Crippen LogP contribution >= 0.6 is 0 Å². The number of carbonyl (C=O) groups excluding carboxylic acids is 2. The average molecular weight is 809 g/mol. The quantitative estimate of drug-likeness (QED) is 0.0690. The molecule has 6 aromatic rings. The topological polar surface area (TPSA) is 162 Å². The van der Waals surface area contributed by atoms with Crippen LogP contribution in [0.2, 0.25) is 0 Å². The van der Waals surface area contributed by atoms with Crippen LogP contribution in [0.3, 0.4) is 0 Å². The van der Waals surface area contributed by atoms with Gasteiger partial charge in [0.05, 0.1) is 23.2 Å². The van der Waals surface area contributed by atoms with Crippen molar-refractivity contribution in [3.8, 4) is 11.5 Å². The summed E-state index contributed by atoms with van der Waals surface area (Å²) in [4.78, 5) is 42.8. The second-order valence-electron chi connectivity index (χ2n) is 15.5. The maximum Gasteiger partial charge on any atom is 0.408 e. The van der Waals surface area contributed by atoms with Crippen LogP contribution < -0.4 is 20.9 Å². The summed E-state index contributed by atoms with van der Waals surface area (Å²) in [7, 11) is 0. The molecule has 3 fully saturated rings. The van der Waals surface area contributed by atoms with E-state index in [-0.39, 0.29) is 37.2 Å². The molecule has 3 aliphatic rings. The largest absolute Gasteiger partial charge is 0.506 e. The number of aromatic nitrogens is 1. The number of esters is 1. The number of hydrogen-bond donors (Lipinski definition) is 5. The molecule has 308 valence electrons. The number of aromatic hydroxyl groups is 1. The zero-order chi connectivity index (χ0) is 41.4. The number of amides is 1. The Morgan fingerprint density at radius 2 is 1.52 bits per heavy atom. The molecular formula is C48H48N4O8. The number of fused-ring (bicyclic) bond motifs is 4. The first-order valence-electron chi connectivity index (χ1n) is 20.3. The summed E-state index contributed by atoms with van der Waals surface area (Å²) < 4.78 is 17.7. The highest BCUT2D eigenvalue weighted by Crippen LogP contribution is 2.31. The first kappa shape index (κ1) is 40.3. The van der Waals surface area contributed by atoms with Gasteiger partial charge >= 0.3 is 12.1 Å². The van der Waals surface area contributed by atoms with Crippen molar-refractivity contribution in [2.45, 2.75) is 50.8 Å². The number of carbonyl (C=O) groups is 2. The van der Waals surface area contributed by atoms with Crippen molar-refractivity contribution in [3.63, 3.8) is 0 Å². The Morgan fingerprint density at radius 1 is 0.800 bits per heavy atom. The number of rotatable bonds is 15. The predicted molar refractivity (Wildman–Crippen MR) is 227 cm³/mol. The molecule has 0 spiro atoms. The fourth-order valence-corrected chi connectivity index (χ4v) is 8.02. The van der Waals surface area contributed by atoms with Crippen LogP contribution in [-0.4, -0.2) is 64.4 Å². The SMILES string of the molecule is O=C(NC(c1ccccc1)c1cccc(OCc2ccc(C(=O)OCc3ccc(CNCC(O)c4ccc(O)c5[nH]c(=O)ccc45)cc3)cc2)c1)OC1CN2CCC1CC2. The van der Waals surface area contributed by atoms with Crippen molar-refractivity contribution in [2.75, 3.05) is 26.2 Å². The number of aromatic amines is 1. The molecule has 1 amide bonds. The van der Waals surface area contributed by atoms with E-state index in [0.29, 0.717) is 40.2 Å². The van der Waals surface area contributed by atoms with Gasteiger partial charge in [-0.25, -0.2) is 9.59 Å². The molecule has 1 aromatic heterocycles. The number of phenols is 1. The number of hydrogen-bond acceptors (Lipinski definition) is 10. The maximum absolute atomic E-state index is 13.2. The first-order chi connectivity index (χ1) is 29.3. The summed E-state index contributed by atoms with van der Waals surface area (Å²) in [5.41, 5.74) is 5.47. The molecule has 5 aromatic carbocycles. The van der Waals surface area contributed by atoms with Crippen LogP contribution in [0.5, 0.6) is 11.5 Å². The summed E-state index contributed by atoms with van der Waals surface area (Å²) in [5.74, 6) is 0.567. The highest BCUT2D eigenvalue weighted by Gasteiger charge is 2.37. The molecule has 0 radical (unpaired) electrons. The highest BCUT2D eigenvalue weighted by molar-refractivity contribution is 5.89. The first-order valence-corrected chi connectivity index (χ1v) is 20.3. The predicted octanol–water partition coefficient (Wildman–Crippen LogP) is 6.90. The average Bonchev–Trinajstić information content (AvgIpc) is 3.28. The molecule has 12 nitrogen and oxygen atoms in total. The molecule has 3 aliphatic heterocycles. The van der Waals surface area contributed by atoms with Crippen molar-refractivity contribution in [1.82, 2.24) is 20.5 Å². The number of piperidine rings is 3. The Bertz CT molecular complexity index is 2470. The summed E-state index contributed by atoms with van der Waals surface area (Å²) >= 11 is 0. The minimum atomic E-state index is -0.864.